The molecule has 168 valence electrons. The van der Waals surface area contributed by atoms with Crippen molar-refractivity contribution in [3.63, 3.8) is 0 Å². The van der Waals surface area contributed by atoms with Crippen LogP contribution in [0, 0.1) is 18.7 Å². The number of benzene rings is 1. The molecule has 0 bridgehead atoms. The lowest BCUT2D eigenvalue weighted by Crippen LogP contribution is -2.52. The second kappa shape index (κ2) is 8.48. The van der Waals surface area contributed by atoms with E-state index < -0.39 is 6.10 Å². The number of piperidine rings is 1. The van der Waals surface area contributed by atoms with Gasteiger partial charge in [0.2, 0.25) is 0 Å². The summed E-state index contributed by atoms with van der Waals surface area (Å²) >= 11 is 0. The molecule has 9 heteroatoms. The molecule has 0 spiro atoms. The summed E-state index contributed by atoms with van der Waals surface area (Å²) in [6.45, 7) is 3.52. The lowest BCUT2D eigenvalue weighted by atomic mass is 10.0. The zero-order valence-corrected chi connectivity index (χ0v) is 17.8. The van der Waals surface area contributed by atoms with E-state index in [-0.39, 0.29) is 17.8 Å². The van der Waals surface area contributed by atoms with Crippen LogP contribution in [-0.2, 0) is 0 Å². The number of aromatic nitrogens is 3. The number of hydrogen-bond donors (Lipinski definition) is 4. The van der Waals surface area contributed by atoms with Crippen LogP contribution in [-0.4, -0.2) is 57.8 Å². The summed E-state index contributed by atoms with van der Waals surface area (Å²) in [6, 6.07) is 4.05. The number of aromatic amines is 1. The summed E-state index contributed by atoms with van der Waals surface area (Å²) in [4.78, 5) is 25.1. The van der Waals surface area contributed by atoms with Crippen molar-refractivity contribution in [3.8, 4) is 17.0 Å². The number of aryl methyl sites for hydroxylation is 1. The fraction of sp³-hybridized carbons (Fsp3) is 0.435. The van der Waals surface area contributed by atoms with Crippen molar-refractivity contribution in [2.45, 2.75) is 38.3 Å². The Hall–Kier alpha value is -3.04. The van der Waals surface area contributed by atoms with E-state index >= 15 is 0 Å². The number of rotatable bonds is 6. The SMILES string of the molecule is Cc1[nH]c2c(-c3ccc(F)cc3OCC3CC3)ncnc2c1C(=O)N[C@H]1CCNC[C@@H]1O. The van der Waals surface area contributed by atoms with Crippen LogP contribution < -0.4 is 15.4 Å². The molecule has 1 aromatic carbocycles. The molecule has 0 unspecified atom stereocenters. The molecule has 1 amide bonds. The predicted octanol–water partition coefficient (Wildman–Crippen LogP) is 2.31. The Morgan fingerprint density at radius 2 is 2.16 bits per heavy atom. The van der Waals surface area contributed by atoms with Gasteiger partial charge in [-0.15, -0.1) is 0 Å². The quantitative estimate of drug-likeness (QED) is 0.469. The van der Waals surface area contributed by atoms with Crippen LogP contribution in [0.3, 0.4) is 0 Å². The smallest absolute Gasteiger partial charge is 0.255 e. The second-order valence-corrected chi connectivity index (χ2v) is 8.61. The number of hydrogen-bond acceptors (Lipinski definition) is 6. The third kappa shape index (κ3) is 4.05. The molecule has 5 rings (SSSR count). The lowest BCUT2D eigenvalue weighted by molar-refractivity contribution is 0.0766. The molecule has 1 aliphatic carbocycles. The van der Waals surface area contributed by atoms with Gasteiger partial charge in [-0.2, -0.15) is 0 Å². The predicted molar refractivity (Wildman–Crippen MR) is 117 cm³/mol. The maximum atomic E-state index is 13.9. The number of carbonyl (C=O) groups is 1. The number of H-pyrrole nitrogens is 1. The minimum absolute atomic E-state index is 0.298. The van der Waals surface area contributed by atoms with Crippen LogP contribution in [0.5, 0.6) is 5.75 Å². The Balaban J connectivity index is 1.51. The first-order valence-corrected chi connectivity index (χ1v) is 11.0. The molecule has 2 aromatic heterocycles. The summed E-state index contributed by atoms with van der Waals surface area (Å²) in [5.74, 6) is 0.264. The van der Waals surface area contributed by atoms with E-state index in [1.54, 1.807) is 13.0 Å². The molecule has 8 nitrogen and oxygen atoms in total. The maximum absolute atomic E-state index is 13.9. The number of halogens is 1. The molecule has 2 atom stereocenters. The Kier molecular flexibility index (Phi) is 5.52. The van der Waals surface area contributed by atoms with Gasteiger partial charge in [-0.3, -0.25) is 4.79 Å². The third-order valence-electron chi connectivity index (χ3n) is 6.14. The molecule has 3 heterocycles. The molecular formula is C23H26FN5O3. The van der Waals surface area contributed by atoms with E-state index in [0.29, 0.717) is 64.8 Å². The minimum Gasteiger partial charge on any atom is -0.492 e. The largest absolute Gasteiger partial charge is 0.492 e. The van der Waals surface area contributed by atoms with E-state index in [0.717, 1.165) is 19.4 Å². The average Bonchev–Trinajstić information content (AvgIpc) is 3.54. The first-order chi connectivity index (χ1) is 15.5. The first kappa shape index (κ1) is 20.8. The van der Waals surface area contributed by atoms with E-state index in [2.05, 4.69) is 25.6 Å². The van der Waals surface area contributed by atoms with Crippen molar-refractivity contribution in [3.05, 3.63) is 41.6 Å². The maximum Gasteiger partial charge on any atom is 0.255 e. The van der Waals surface area contributed by atoms with Gasteiger partial charge in [0.05, 0.1) is 29.8 Å². The van der Waals surface area contributed by atoms with Gasteiger partial charge in [0, 0.05) is 23.9 Å². The zero-order chi connectivity index (χ0) is 22.2. The lowest BCUT2D eigenvalue weighted by Gasteiger charge is -2.29. The Bertz CT molecular complexity index is 1160. The summed E-state index contributed by atoms with van der Waals surface area (Å²) in [5, 5.41) is 16.2. The number of ether oxygens (including phenoxy) is 1. The molecule has 0 radical (unpaired) electrons. The van der Waals surface area contributed by atoms with Crippen molar-refractivity contribution >= 4 is 16.9 Å². The minimum atomic E-state index is -0.645. The third-order valence-corrected chi connectivity index (χ3v) is 6.14. The Morgan fingerprint density at radius 1 is 1.31 bits per heavy atom. The highest BCUT2D eigenvalue weighted by molar-refractivity contribution is 6.09. The molecule has 1 saturated carbocycles. The van der Waals surface area contributed by atoms with Crippen LogP contribution >= 0.6 is 0 Å². The van der Waals surface area contributed by atoms with Crippen molar-refractivity contribution in [1.82, 2.24) is 25.6 Å². The summed E-state index contributed by atoms with van der Waals surface area (Å²) in [6.07, 6.45) is 3.65. The fourth-order valence-corrected chi connectivity index (χ4v) is 4.16. The first-order valence-electron chi connectivity index (χ1n) is 11.0. The molecule has 2 aliphatic rings. The van der Waals surface area contributed by atoms with Crippen molar-refractivity contribution in [2.75, 3.05) is 19.7 Å². The molecule has 32 heavy (non-hydrogen) atoms. The van der Waals surface area contributed by atoms with Gasteiger partial charge in [0.15, 0.2) is 0 Å². The fourth-order valence-electron chi connectivity index (χ4n) is 4.16. The van der Waals surface area contributed by atoms with Crippen LogP contribution in [0.1, 0.15) is 35.3 Å². The summed E-state index contributed by atoms with van der Waals surface area (Å²) in [7, 11) is 0. The van der Waals surface area contributed by atoms with Gasteiger partial charge in [0.25, 0.3) is 5.91 Å². The van der Waals surface area contributed by atoms with Gasteiger partial charge in [0.1, 0.15) is 29.1 Å². The van der Waals surface area contributed by atoms with E-state index in [1.165, 1.54) is 18.5 Å². The molecule has 1 aliphatic heterocycles. The number of aliphatic hydroxyl groups is 1. The van der Waals surface area contributed by atoms with Crippen LogP contribution in [0.25, 0.3) is 22.3 Å². The number of nitrogens with one attached hydrogen (secondary N) is 3. The monoisotopic (exact) mass is 439 g/mol. The number of aliphatic hydroxyl groups excluding tert-OH is 1. The van der Waals surface area contributed by atoms with Crippen LogP contribution in [0.15, 0.2) is 24.5 Å². The van der Waals surface area contributed by atoms with Gasteiger partial charge >= 0.3 is 0 Å². The van der Waals surface area contributed by atoms with Crippen molar-refractivity contribution in [1.29, 1.82) is 0 Å². The van der Waals surface area contributed by atoms with Gasteiger partial charge < -0.3 is 25.5 Å². The Morgan fingerprint density at radius 3 is 2.94 bits per heavy atom. The number of carbonyl (C=O) groups excluding carboxylic acids is 1. The highest BCUT2D eigenvalue weighted by Crippen LogP contribution is 2.36. The van der Waals surface area contributed by atoms with Gasteiger partial charge in [-0.1, -0.05) is 0 Å². The standard InChI is InChI=1S/C23H26FN5O3/c1-12-19(23(31)29-16-6-7-25-9-17(16)30)21-22(28-12)20(26-11-27-21)15-5-4-14(24)8-18(15)32-10-13-2-3-13/h4-5,8,11,13,16-17,25,28,30H,2-3,6-7,9-10H2,1H3,(H,29,31)/t16-,17-/m0/s1. The summed E-state index contributed by atoms with van der Waals surface area (Å²) in [5.41, 5.74) is 3.31. The van der Waals surface area contributed by atoms with E-state index in [1.807, 2.05) is 0 Å². The van der Waals surface area contributed by atoms with Gasteiger partial charge in [-0.25, -0.2) is 14.4 Å². The molecule has 3 aromatic rings. The van der Waals surface area contributed by atoms with Crippen LogP contribution in [0.4, 0.5) is 4.39 Å². The van der Waals surface area contributed by atoms with Crippen molar-refractivity contribution in [2.24, 2.45) is 5.92 Å². The van der Waals surface area contributed by atoms with Gasteiger partial charge in [-0.05, 0) is 50.8 Å². The van der Waals surface area contributed by atoms with E-state index in [4.69, 9.17) is 4.74 Å². The molecule has 4 N–H and O–H groups in total. The average molecular weight is 439 g/mol. The highest BCUT2D eigenvalue weighted by atomic mass is 19.1. The topological polar surface area (TPSA) is 112 Å². The molecule has 2 fully saturated rings. The number of fused-ring (bicyclic) bond motifs is 1. The number of amides is 1. The number of nitrogens with zero attached hydrogens (tertiary/aromatic N) is 2. The highest BCUT2D eigenvalue weighted by Gasteiger charge is 2.28. The zero-order valence-electron chi connectivity index (χ0n) is 17.8. The Labute approximate surface area is 184 Å². The molecule has 1 saturated heterocycles. The van der Waals surface area contributed by atoms with Crippen molar-refractivity contribution < 1.29 is 19.0 Å². The summed E-state index contributed by atoms with van der Waals surface area (Å²) < 4.78 is 19.9. The molecular weight excluding hydrogens is 413 g/mol. The van der Waals surface area contributed by atoms with E-state index in [9.17, 15) is 14.3 Å². The number of β-amino-alcohol motifs (C(OH)–C–C–N with tert-alkyl or cyclic N) is 1. The second-order valence-electron chi connectivity index (χ2n) is 8.61. The normalized spacial score (nSPS) is 21.0. The van der Waals surface area contributed by atoms with Crippen LogP contribution in [0.2, 0.25) is 0 Å².